The van der Waals surface area contributed by atoms with Crippen molar-refractivity contribution in [3.8, 4) is 40.2 Å². The monoisotopic (exact) mass is 438 g/mol. The average molecular weight is 438 g/mol. The number of para-hydroxylation sites is 2. The molecule has 4 rings (SSSR count). The van der Waals surface area contributed by atoms with E-state index in [0.29, 0.717) is 17.2 Å². The quantitative estimate of drug-likeness (QED) is 0.353. The van der Waals surface area contributed by atoms with Gasteiger partial charge in [-0.15, -0.1) is 0 Å². The number of hydrogen-bond donors (Lipinski definition) is 1. The summed E-state index contributed by atoms with van der Waals surface area (Å²) >= 11 is 0. The number of halogens is 1. The van der Waals surface area contributed by atoms with Crippen LogP contribution in [0.15, 0.2) is 97.1 Å². The van der Waals surface area contributed by atoms with Gasteiger partial charge < -0.3 is 14.6 Å². The Labute approximate surface area is 190 Å². The van der Waals surface area contributed by atoms with E-state index in [1.807, 2.05) is 30.3 Å². The molecule has 0 radical (unpaired) electrons. The highest BCUT2D eigenvalue weighted by Crippen LogP contribution is 2.31. The van der Waals surface area contributed by atoms with Crippen molar-refractivity contribution in [1.29, 1.82) is 0 Å². The molecule has 0 fully saturated rings. The molecule has 4 aromatic rings. The summed E-state index contributed by atoms with van der Waals surface area (Å²) < 4.78 is 24.7. The van der Waals surface area contributed by atoms with Crippen molar-refractivity contribution in [2.24, 2.45) is 0 Å². The Balaban J connectivity index is 1.39. The van der Waals surface area contributed by atoms with Crippen LogP contribution in [0.3, 0.4) is 0 Å². The summed E-state index contributed by atoms with van der Waals surface area (Å²) in [6.45, 7) is 0.148. The van der Waals surface area contributed by atoms with Gasteiger partial charge in [-0.3, -0.25) is 0 Å². The Hall–Kier alpha value is -4.56. The maximum Gasteiger partial charge on any atom is 0.335 e. The van der Waals surface area contributed by atoms with E-state index in [1.54, 1.807) is 42.5 Å². The topological polar surface area (TPSA) is 55.8 Å². The largest absolute Gasteiger partial charge is 0.478 e. The van der Waals surface area contributed by atoms with Gasteiger partial charge in [-0.1, -0.05) is 54.3 Å². The molecule has 0 aromatic heterocycles. The summed E-state index contributed by atoms with van der Waals surface area (Å²) in [4.78, 5) is 11.2. The van der Waals surface area contributed by atoms with Gasteiger partial charge in [0, 0.05) is 5.56 Å². The smallest absolute Gasteiger partial charge is 0.335 e. The molecular formula is C28H19FO4. The van der Waals surface area contributed by atoms with E-state index in [4.69, 9.17) is 14.6 Å². The van der Waals surface area contributed by atoms with Gasteiger partial charge >= 0.3 is 5.97 Å². The number of carboxylic acids is 1. The first kappa shape index (κ1) is 21.7. The van der Waals surface area contributed by atoms with Crippen molar-refractivity contribution in [2.45, 2.75) is 0 Å². The molecule has 4 nitrogen and oxygen atoms in total. The van der Waals surface area contributed by atoms with Gasteiger partial charge in [0.2, 0.25) is 0 Å². The third kappa shape index (κ3) is 5.78. The predicted octanol–water partition coefficient (Wildman–Crippen LogP) is 6.41. The summed E-state index contributed by atoms with van der Waals surface area (Å²) in [7, 11) is 0. The van der Waals surface area contributed by atoms with Gasteiger partial charge in [-0.25, -0.2) is 9.18 Å². The second-order valence-electron chi connectivity index (χ2n) is 7.06. The molecule has 0 saturated carbocycles. The van der Waals surface area contributed by atoms with E-state index >= 15 is 0 Å². The Bertz CT molecular complexity index is 1320. The molecule has 4 aromatic carbocycles. The lowest BCUT2D eigenvalue weighted by Crippen LogP contribution is -1.98. The Morgan fingerprint density at radius 1 is 0.818 bits per heavy atom. The molecule has 1 N–H and O–H groups in total. The van der Waals surface area contributed by atoms with Crippen molar-refractivity contribution >= 4 is 5.97 Å². The molecule has 0 unspecified atom stereocenters. The second-order valence-corrected chi connectivity index (χ2v) is 7.06. The highest BCUT2D eigenvalue weighted by Gasteiger charge is 2.08. The van der Waals surface area contributed by atoms with Gasteiger partial charge in [0.05, 0.1) is 5.56 Å². The normalized spacial score (nSPS) is 10.1. The number of aromatic carboxylic acids is 1. The number of carbonyl (C=O) groups is 1. The van der Waals surface area contributed by atoms with Crippen LogP contribution in [-0.2, 0) is 0 Å². The van der Waals surface area contributed by atoms with E-state index in [2.05, 4.69) is 11.8 Å². The highest BCUT2D eigenvalue weighted by atomic mass is 19.1. The molecule has 0 bridgehead atoms. The standard InChI is InChI=1S/C28H19FO4/c29-24-16-14-22(15-17-24)21-12-10-20(11-13-21)5-4-18-32-26-8-1-2-9-27(26)33-25-7-3-6-23(19-25)28(30)31/h1-3,6-17,19H,18H2,(H,30,31). The number of benzene rings is 4. The average Bonchev–Trinajstić information content (AvgIpc) is 2.84. The van der Waals surface area contributed by atoms with Gasteiger partial charge in [0.25, 0.3) is 0 Å². The van der Waals surface area contributed by atoms with Crippen LogP contribution in [0.5, 0.6) is 17.2 Å². The molecule has 33 heavy (non-hydrogen) atoms. The van der Waals surface area contributed by atoms with Crippen LogP contribution in [0.2, 0.25) is 0 Å². The second kappa shape index (κ2) is 10.2. The SMILES string of the molecule is O=C(O)c1cccc(Oc2ccccc2OCC#Cc2ccc(-c3ccc(F)cc3)cc2)c1. The molecule has 0 saturated heterocycles. The minimum Gasteiger partial charge on any atom is -0.478 e. The zero-order chi connectivity index (χ0) is 23.0. The molecule has 0 amide bonds. The number of ether oxygens (including phenoxy) is 2. The van der Waals surface area contributed by atoms with Gasteiger partial charge in [0.1, 0.15) is 18.2 Å². The molecule has 0 aliphatic heterocycles. The van der Waals surface area contributed by atoms with E-state index in [1.165, 1.54) is 24.3 Å². The van der Waals surface area contributed by atoms with E-state index in [-0.39, 0.29) is 18.0 Å². The first-order valence-electron chi connectivity index (χ1n) is 10.2. The number of rotatable bonds is 6. The van der Waals surface area contributed by atoms with Crippen molar-refractivity contribution in [2.75, 3.05) is 6.61 Å². The van der Waals surface area contributed by atoms with Crippen molar-refractivity contribution in [3.05, 3.63) is 114 Å². The minimum absolute atomic E-state index is 0.141. The zero-order valence-corrected chi connectivity index (χ0v) is 17.5. The van der Waals surface area contributed by atoms with Crippen LogP contribution in [0.4, 0.5) is 4.39 Å². The molecular weight excluding hydrogens is 419 g/mol. The summed E-state index contributed by atoms with van der Waals surface area (Å²) in [5, 5.41) is 9.14. The first-order chi connectivity index (χ1) is 16.1. The highest BCUT2D eigenvalue weighted by molar-refractivity contribution is 5.88. The maximum absolute atomic E-state index is 13.1. The molecule has 0 heterocycles. The van der Waals surface area contributed by atoms with Crippen LogP contribution in [-0.4, -0.2) is 17.7 Å². The lowest BCUT2D eigenvalue weighted by molar-refractivity contribution is 0.0696. The third-order valence-electron chi connectivity index (χ3n) is 4.75. The Morgan fingerprint density at radius 2 is 1.48 bits per heavy atom. The summed E-state index contributed by atoms with van der Waals surface area (Å²) in [6, 6.07) is 27.4. The van der Waals surface area contributed by atoms with Crippen molar-refractivity contribution in [1.82, 2.24) is 0 Å². The third-order valence-corrected chi connectivity index (χ3v) is 4.75. The van der Waals surface area contributed by atoms with Crippen LogP contribution >= 0.6 is 0 Å². The minimum atomic E-state index is -1.02. The first-order valence-corrected chi connectivity index (χ1v) is 10.2. The zero-order valence-electron chi connectivity index (χ0n) is 17.5. The number of carboxylic acid groups (broad SMARTS) is 1. The van der Waals surface area contributed by atoms with Gasteiger partial charge in [0.15, 0.2) is 11.5 Å². The Morgan fingerprint density at radius 3 is 2.18 bits per heavy atom. The maximum atomic E-state index is 13.1. The summed E-state index contributed by atoms with van der Waals surface area (Å²) in [6.07, 6.45) is 0. The fourth-order valence-corrected chi connectivity index (χ4v) is 3.11. The summed E-state index contributed by atoms with van der Waals surface area (Å²) in [5.41, 5.74) is 2.89. The predicted molar refractivity (Wildman–Crippen MR) is 124 cm³/mol. The lowest BCUT2D eigenvalue weighted by atomic mass is 10.0. The van der Waals surface area contributed by atoms with Crippen LogP contribution in [0.25, 0.3) is 11.1 Å². The summed E-state index contributed by atoms with van der Waals surface area (Å²) in [5.74, 6) is 6.11. The number of hydrogen-bond acceptors (Lipinski definition) is 3. The molecule has 0 aliphatic carbocycles. The van der Waals surface area contributed by atoms with Crippen LogP contribution in [0.1, 0.15) is 15.9 Å². The fourth-order valence-electron chi connectivity index (χ4n) is 3.11. The van der Waals surface area contributed by atoms with Gasteiger partial charge in [-0.05, 0) is 65.7 Å². The lowest BCUT2D eigenvalue weighted by Gasteiger charge is -2.11. The fraction of sp³-hybridized carbons (Fsp3) is 0.0357. The van der Waals surface area contributed by atoms with Crippen molar-refractivity contribution in [3.63, 3.8) is 0 Å². The van der Waals surface area contributed by atoms with Crippen LogP contribution < -0.4 is 9.47 Å². The van der Waals surface area contributed by atoms with E-state index in [0.717, 1.165) is 16.7 Å². The molecule has 0 spiro atoms. The van der Waals surface area contributed by atoms with E-state index in [9.17, 15) is 9.18 Å². The van der Waals surface area contributed by atoms with E-state index < -0.39 is 5.97 Å². The van der Waals surface area contributed by atoms with Crippen LogP contribution in [0, 0.1) is 17.7 Å². The molecule has 162 valence electrons. The van der Waals surface area contributed by atoms with Crippen molar-refractivity contribution < 1.29 is 23.8 Å². The van der Waals surface area contributed by atoms with Gasteiger partial charge in [-0.2, -0.15) is 0 Å². The molecule has 0 atom stereocenters. The molecule has 0 aliphatic rings. The molecule has 5 heteroatoms. The Kier molecular flexibility index (Phi) is 6.67.